The van der Waals surface area contributed by atoms with E-state index in [9.17, 15) is 0 Å². The molecule has 0 saturated carbocycles. The Bertz CT molecular complexity index is 513. The van der Waals surface area contributed by atoms with Gasteiger partial charge in [0.25, 0.3) is 0 Å². The van der Waals surface area contributed by atoms with Gasteiger partial charge in [-0.3, -0.25) is 0 Å². The smallest absolute Gasteiger partial charge is 0.0440 e. The number of hydrogen-bond acceptors (Lipinski definition) is 2. The summed E-state index contributed by atoms with van der Waals surface area (Å²) in [6.07, 6.45) is 0. The topological polar surface area (TPSA) is 29.3 Å². The van der Waals surface area contributed by atoms with E-state index < -0.39 is 0 Å². The largest absolute Gasteiger partial charge is 0.377 e. The van der Waals surface area contributed by atoms with E-state index in [2.05, 4.69) is 67.5 Å². The summed E-state index contributed by atoms with van der Waals surface area (Å²) in [5.41, 5.74) is 10.7. The van der Waals surface area contributed by atoms with Crippen LogP contribution in [0.2, 0.25) is 0 Å². The average Bonchev–Trinajstić information content (AvgIpc) is 2.39. The molecule has 0 aliphatic rings. The van der Waals surface area contributed by atoms with Gasteiger partial charge in [-0.15, -0.1) is 0 Å². The first-order valence-corrected chi connectivity index (χ1v) is 6.22. The molecule has 18 heavy (non-hydrogen) atoms. The van der Waals surface area contributed by atoms with Gasteiger partial charge in [-0.25, -0.2) is 0 Å². The third kappa shape index (κ3) is 2.54. The van der Waals surface area contributed by atoms with Crippen LogP contribution in [-0.2, 0) is 0 Å². The lowest BCUT2D eigenvalue weighted by atomic mass is 10.00. The number of hydrogen-bond donors (Lipinski definition) is 1. The fraction of sp³-hybridized carbons (Fsp3) is 0.250. The van der Waals surface area contributed by atoms with Crippen molar-refractivity contribution in [3.8, 4) is 11.1 Å². The van der Waals surface area contributed by atoms with Crippen LogP contribution in [0.25, 0.3) is 11.1 Å². The summed E-state index contributed by atoms with van der Waals surface area (Å²) >= 11 is 0. The molecule has 0 bridgehead atoms. The van der Waals surface area contributed by atoms with Crippen LogP contribution < -0.4 is 10.6 Å². The Morgan fingerprint density at radius 1 is 0.944 bits per heavy atom. The highest BCUT2D eigenvalue weighted by atomic mass is 15.1. The van der Waals surface area contributed by atoms with Gasteiger partial charge < -0.3 is 10.6 Å². The van der Waals surface area contributed by atoms with Crippen LogP contribution in [0.1, 0.15) is 18.5 Å². The van der Waals surface area contributed by atoms with Crippen LogP contribution in [0.15, 0.2) is 48.5 Å². The summed E-state index contributed by atoms with van der Waals surface area (Å²) in [7, 11) is 4.13. The van der Waals surface area contributed by atoms with Crippen LogP contribution in [0.5, 0.6) is 0 Å². The first kappa shape index (κ1) is 12.7. The molecule has 0 aliphatic heterocycles. The van der Waals surface area contributed by atoms with Crippen LogP contribution in [0.4, 0.5) is 5.69 Å². The molecule has 1 unspecified atom stereocenters. The summed E-state index contributed by atoms with van der Waals surface area (Å²) in [6, 6.07) is 17.0. The fourth-order valence-corrected chi connectivity index (χ4v) is 2.07. The molecule has 2 aromatic carbocycles. The zero-order valence-electron chi connectivity index (χ0n) is 11.2. The van der Waals surface area contributed by atoms with Crippen molar-refractivity contribution in [1.82, 2.24) is 0 Å². The lowest BCUT2D eigenvalue weighted by Gasteiger charge is -2.17. The zero-order chi connectivity index (χ0) is 13.1. The number of para-hydroxylation sites is 1. The molecular formula is C16H20N2. The van der Waals surface area contributed by atoms with Gasteiger partial charge in [0.2, 0.25) is 0 Å². The molecule has 2 N–H and O–H groups in total. The lowest BCUT2D eigenvalue weighted by Crippen LogP contribution is -2.09. The van der Waals surface area contributed by atoms with Crippen LogP contribution in [0.3, 0.4) is 0 Å². The minimum atomic E-state index is 0.0862. The summed E-state index contributed by atoms with van der Waals surface area (Å²) in [4.78, 5) is 2.13. The monoisotopic (exact) mass is 240 g/mol. The molecule has 0 fully saturated rings. The number of rotatable bonds is 3. The molecule has 0 saturated heterocycles. The van der Waals surface area contributed by atoms with Gasteiger partial charge in [-0.1, -0.05) is 42.5 Å². The molecule has 0 aliphatic carbocycles. The molecule has 0 spiro atoms. The van der Waals surface area contributed by atoms with Crippen molar-refractivity contribution in [3.63, 3.8) is 0 Å². The van der Waals surface area contributed by atoms with E-state index in [0.29, 0.717) is 0 Å². The van der Waals surface area contributed by atoms with Crippen molar-refractivity contribution >= 4 is 5.69 Å². The predicted molar refractivity (Wildman–Crippen MR) is 78.8 cm³/mol. The molecule has 0 radical (unpaired) electrons. The molecule has 94 valence electrons. The Kier molecular flexibility index (Phi) is 3.68. The number of nitrogens with two attached hydrogens (primary N) is 1. The Labute approximate surface area is 109 Å². The van der Waals surface area contributed by atoms with Crippen molar-refractivity contribution in [2.45, 2.75) is 13.0 Å². The molecular weight excluding hydrogens is 220 g/mol. The Morgan fingerprint density at radius 3 is 2.11 bits per heavy atom. The minimum Gasteiger partial charge on any atom is -0.377 e. The van der Waals surface area contributed by atoms with E-state index in [4.69, 9.17) is 5.73 Å². The highest BCUT2D eigenvalue weighted by Crippen LogP contribution is 2.30. The van der Waals surface area contributed by atoms with Crippen molar-refractivity contribution in [2.75, 3.05) is 19.0 Å². The summed E-state index contributed by atoms with van der Waals surface area (Å²) < 4.78 is 0. The minimum absolute atomic E-state index is 0.0862. The van der Waals surface area contributed by atoms with Gasteiger partial charge in [0, 0.05) is 31.4 Å². The molecule has 2 nitrogen and oxygen atoms in total. The Hall–Kier alpha value is -1.80. The zero-order valence-corrected chi connectivity index (χ0v) is 11.2. The van der Waals surface area contributed by atoms with E-state index in [-0.39, 0.29) is 6.04 Å². The van der Waals surface area contributed by atoms with Gasteiger partial charge >= 0.3 is 0 Å². The molecule has 2 rings (SSSR count). The Morgan fingerprint density at radius 2 is 1.56 bits per heavy atom. The van der Waals surface area contributed by atoms with Crippen LogP contribution >= 0.6 is 0 Å². The van der Waals surface area contributed by atoms with Gasteiger partial charge in [0.05, 0.1) is 0 Å². The molecule has 0 heterocycles. The van der Waals surface area contributed by atoms with Crippen molar-refractivity contribution < 1.29 is 0 Å². The van der Waals surface area contributed by atoms with E-state index in [0.717, 1.165) is 0 Å². The first-order chi connectivity index (χ1) is 8.59. The molecule has 1 atom stereocenters. The van der Waals surface area contributed by atoms with Gasteiger partial charge in [0.1, 0.15) is 0 Å². The van der Waals surface area contributed by atoms with Crippen LogP contribution in [-0.4, -0.2) is 14.1 Å². The van der Waals surface area contributed by atoms with Crippen LogP contribution in [0, 0.1) is 0 Å². The van der Waals surface area contributed by atoms with Gasteiger partial charge in [-0.05, 0) is 24.1 Å². The maximum atomic E-state index is 5.87. The second-order valence-corrected chi connectivity index (χ2v) is 4.82. The van der Waals surface area contributed by atoms with Crippen molar-refractivity contribution in [2.24, 2.45) is 5.73 Å². The Balaban J connectivity index is 2.43. The summed E-state index contributed by atoms with van der Waals surface area (Å²) in [5, 5.41) is 0. The lowest BCUT2D eigenvalue weighted by molar-refractivity contribution is 0.818. The fourth-order valence-electron chi connectivity index (χ4n) is 2.07. The van der Waals surface area contributed by atoms with E-state index in [1.54, 1.807) is 0 Å². The molecule has 0 amide bonds. The van der Waals surface area contributed by atoms with Gasteiger partial charge in [-0.2, -0.15) is 0 Å². The number of anilines is 1. The maximum Gasteiger partial charge on any atom is 0.0440 e. The predicted octanol–water partition coefficient (Wildman–Crippen LogP) is 3.44. The highest BCUT2D eigenvalue weighted by molar-refractivity contribution is 5.78. The number of benzene rings is 2. The quantitative estimate of drug-likeness (QED) is 0.890. The highest BCUT2D eigenvalue weighted by Gasteiger charge is 2.06. The maximum absolute atomic E-state index is 5.87. The van der Waals surface area contributed by atoms with E-state index in [1.807, 2.05) is 6.92 Å². The average molecular weight is 240 g/mol. The first-order valence-electron chi connectivity index (χ1n) is 6.22. The normalized spacial score (nSPS) is 12.2. The summed E-state index contributed by atoms with van der Waals surface area (Å²) in [5.74, 6) is 0. The van der Waals surface area contributed by atoms with E-state index >= 15 is 0 Å². The third-order valence-corrected chi connectivity index (χ3v) is 3.13. The summed E-state index contributed by atoms with van der Waals surface area (Å²) in [6.45, 7) is 2.00. The van der Waals surface area contributed by atoms with E-state index in [1.165, 1.54) is 22.4 Å². The van der Waals surface area contributed by atoms with Crippen molar-refractivity contribution in [3.05, 3.63) is 54.1 Å². The molecule has 0 aromatic heterocycles. The standard InChI is InChI=1S/C16H20N2/c1-12(17)13-8-10-14(11-9-13)15-6-4-5-7-16(15)18(2)3/h4-12H,17H2,1-3H3. The molecule has 2 heteroatoms. The van der Waals surface area contributed by atoms with Gasteiger partial charge in [0.15, 0.2) is 0 Å². The molecule has 2 aromatic rings. The number of nitrogens with zero attached hydrogens (tertiary/aromatic N) is 1. The second kappa shape index (κ2) is 5.23. The third-order valence-electron chi connectivity index (χ3n) is 3.13. The van der Waals surface area contributed by atoms with Crippen molar-refractivity contribution in [1.29, 1.82) is 0 Å². The SMILES string of the molecule is CC(N)c1ccc(-c2ccccc2N(C)C)cc1. The second-order valence-electron chi connectivity index (χ2n) is 4.82.